The van der Waals surface area contributed by atoms with E-state index in [0.717, 1.165) is 30.9 Å². The molecule has 0 radical (unpaired) electrons. The van der Waals surface area contributed by atoms with Crippen molar-refractivity contribution in [3.63, 3.8) is 0 Å². The highest BCUT2D eigenvalue weighted by atomic mass is 16.5. The number of piperidine rings is 1. The topological polar surface area (TPSA) is 41.6 Å². The fourth-order valence-electron chi connectivity index (χ4n) is 3.26. The van der Waals surface area contributed by atoms with Crippen LogP contribution in [0, 0.1) is 5.92 Å². The average Bonchev–Trinajstić information content (AvgIpc) is 2.91. The van der Waals surface area contributed by atoms with Crippen LogP contribution >= 0.6 is 0 Å². The van der Waals surface area contributed by atoms with Crippen LogP contribution in [0.3, 0.4) is 0 Å². The number of likely N-dealkylation sites (tertiary alicyclic amines) is 1. The summed E-state index contributed by atoms with van der Waals surface area (Å²) in [5.74, 6) is 1.60. The molecule has 1 aromatic rings. The van der Waals surface area contributed by atoms with Gasteiger partial charge in [-0.2, -0.15) is 0 Å². The monoisotopic (exact) mass is 274 g/mol. The molecule has 20 heavy (non-hydrogen) atoms. The van der Waals surface area contributed by atoms with Gasteiger partial charge in [0.25, 0.3) is 5.91 Å². The Morgan fingerprint density at radius 1 is 1.35 bits per heavy atom. The van der Waals surface area contributed by atoms with Crippen LogP contribution < -0.4 is 10.1 Å². The van der Waals surface area contributed by atoms with Crippen molar-refractivity contribution in [1.29, 1.82) is 0 Å². The number of benzene rings is 1. The van der Waals surface area contributed by atoms with E-state index in [9.17, 15) is 4.79 Å². The average molecular weight is 274 g/mol. The highest BCUT2D eigenvalue weighted by molar-refractivity contribution is 5.94. The van der Waals surface area contributed by atoms with E-state index in [-0.39, 0.29) is 5.91 Å². The normalized spacial score (nSPS) is 25.4. The van der Waals surface area contributed by atoms with Crippen LogP contribution in [0.2, 0.25) is 0 Å². The van der Waals surface area contributed by atoms with Crippen LogP contribution in [0.25, 0.3) is 0 Å². The summed E-state index contributed by atoms with van der Waals surface area (Å²) in [6, 6.07) is 7.97. The first-order valence-electron chi connectivity index (χ1n) is 7.53. The third-order valence-electron chi connectivity index (χ3n) is 4.30. The summed E-state index contributed by atoms with van der Waals surface area (Å²) in [4.78, 5) is 14.5. The fourth-order valence-corrected chi connectivity index (χ4v) is 3.26. The second-order valence-electron chi connectivity index (χ2n) is 5.63. The van der Waals surface area contributed by atoms with Gasteiger partial charge < -0.3 is 15.0 Å². The number of rotatable bonds is 3. The van der Waals surface area contributed by atoms with Gasteiger partial charge in [0, 0.05) is 24.7 Å². The molecule has 2 atom stereocenters. The van der Waals surface area contributed by atoms with Crippen LogP contribution in [0.1, 0.15) is 30.1 Å². The summed E-state index contributed by atoms with van der Waals surface area (Å²) >= 11 is 0. The van der Waals surface area contributed by atoms with Gasteiger partial charge in [-0.1, -0.05) is 0 Å². The number of fused-ring (bicyclic) bond motifs is 1. The van der Waals surface area contributed by atoms with E-state index >= 15 is 0 Å². The summed E-state index contributed by atoms with van der Waals surface area (Å²) in [5, 5.41) is 3.53. The van der Waals surface area contributed by atoms with Gasteiger partial charge in [0.2, 0.25) is 0 Å². The molecule has 0 bridgehead atoms. The van der Waals surface area contributed by atoms with Gasteiger partial charge in [-0.3, -0.25) is 4.79 Å². The summed E-state index contributed by atoms with van der Waals surface area (Å²) < 4.78 is 5.41. The van der Waals surface area contributed by atoms with Crippen molar-refractivity contribution in [2.45, 2.75) is 25.8 Å². The van der Waals surface area contributed by atoms with Crippen molar-refractivity contribution in [3.05, 3.63) is 29.8 Å². The van der Waals surface area contributed by atoms with Gasteiger partial charge in [0.15, 0.2) is 0 Å². The predicted molar refractivity (Wildman–Crippen MR) is 78.0 cm³/mol. The molecule has 1 N–H and O–H groups in total. The molecule has 0 saturated carbocycles. The van der Waals surface area contributed by atoms with Crippen LogP contribution in [-0.4, -0.2) is 43.1 Å². The molecule has 2 fully saturated rings. The van der Waals surface area contributed by atoms with E-state index in [1.807, 2.05) is 36.1 Å². The molecule has 2 saturated heterocycles. The molecule has 0 spiro atoms. The molecule has 4 heteroatoms. The smallest absolute Gasteiger partial charge is 0.253 e. The van der Waals surface area contributed by atoms with Gasteiger partial charge in [-0.15, -0.1) is 0 Å². The van der Waals surface area contributed by atoms with Gasteiger partial charge in [0.05, 0.1) is 6.61 Å². The Morgan fingerprint density at radius 3 is 2.85 bits per heavy atom. The predicted octanol–water partition coefficient (Wildman–Crippen LogP) is 1.91. The maximum absolute atomic E-state index is 12.5. The Bertz CT molecular complexity index is 458. The number of ether oxygens (including phenoxy) is 1. The minimum absolute atomic E-state index is 0.143. The number of hydrogen-bond acceptors (Lipinski definition) is 3. The lowest BCUT2D eigenvalue weighted by molar-refractivity contribution is 0.0785. The van der Waals surface area contributed by atoms with Crippen molar-refractivity contribution >= 4 is 5.91 Å². The number of amides is 1. The van der Waals surface area contributed by atoms with Crippen molar-refractivity contribution in [2.24, 2.45) is 5.92 Å². The van der Waals surface area contributed by atoms with Crippen LogP contribution in [0.4, 0.5) is 0 Å². The molecule has 108 valence electrons. The summed E-state index contributed by atoms with van der Waals surface area (Å²) in [6.45, 7) is 5.43. The minimum Gasteiger partial charge on any atom is -0.494 e. The lowest BCUT2D eigenvalue weighted by Gasteiger charge is -2.24. The van der Waals surface area contributed by atoms with E-state index in [1.165, 1.54) is 12.8 Å². The molecule has 2 aliphatic rings. The molecular weight excluding hydrogens is 252 g/mol. The van der Waals surface area contributed by atoms with E-state index in [1.54, 1.807) is 0 Å². The van der Waals surface area contributed by atoms with E-state index in [4.69, 9.17) is 4.74 Å². The first-order valence-corrected chi connectivity index (χ1v) is 7.53. The zero-order valence-electron chi connectivity index (χ0n) is 12.0. The molecule has 0 aromatic heterocycles. The SMILES string of the molecule is CCOc1ccc(C(=O)N2C[C@@H]3CCCN[C@@H]3C2)cc1. The molecule has 0 unspecified atom stereocenters. The van der Waals surface area contributed by atoms with Gasteiger partial charge in [0.1, 0.15) is 5.75 Å². The largest absolute Gasteiger partial charge is 0.494 e. The molecule has 3 rings (SSSR count). The van der Waals surface area contributed by atoms with Crippen LogP contribution in [-0.2, 0) is 0 Å². The highest BCUT2D eigenvalue weighted by Gasteiger charge is 2.36. The van der Waals surface area contributed by atoms with E-state index < -0.39 is 0 Å². The molecule has 4 nitrogen and oxygen atoms in total. The summed E-state index contributed by atoms with van der Waals surface area (Å²) in [7, 11) is 0. The van der Waals surface area contributed by atoms with Crippen LogP contribution in [0.15, 0.2) is 24.3 Å². The molecule has 1 amide bonds. The fraction of sp³-hybridized carbons (Fsp3) is 0.562. The Labute approximate surface area is 120 Å². The molecular formula is C16H22N2O2. The summed E-state index contributed by atoms with van der Waals surface area (Å²) in [6.07, 6.45) is 2.47. The third kappa shape index (κ3) is 2.66. The first kappa shape index (κ1) is 13.4. The molecule has 0 aliphatic carbocycles. The number of carbonyl (C=O) groups excluding carboxylic acids is 1. The van der Waals surface area contributed by atoms with Crippen molar-refractivity contribution < 1.29 is 9.53 Å². The standard InChI is InChI=1S/C16H22N2O2/c1-2-20-14-7-5-12(6-8-14)16(19)18-10-13-4-3-9-17-15(13)11-18/h5-8,13,15,17H,2-4,9-11H2,1H3/t13-,15+/m0/s1. The van der Waals surface area contributed by atoms with Gasteiger partial charge in [-0.25, -0.2) is 0 Å². The highest BCUT2D eigenvalue weighted by Crippen LogP contribution is 2.26. The van der Waals surface area contributed by atoms with Crippen molar-refractivity contribution in [3.8, 4) is 5.75 Å². The number of carbonyl (C=O) groups is 1. The Hall–Kier alpha value is -1.55. The third-order valence-corrected chi connectivity index (χ3v) is 4.30. The zero-order chi connectivity index (χ0) is 13.9. The second-order valence-corrected chi connectivity index (χ2v) is 5.63. The van der Waals surface area contributed by atoms with E-state index in [2.05, 4.69) is 5.32 Å². The van der Waals surface area contributed by atoms with Crippen molar-refractivity contribution in [1.82, 2.24) is 10.2 Å². The Morgan fingerprint density at radius 2 is 2.15 bits per heavy atom. The number of hydrogen-bond donors (Lipinski definition) is 1. The molecule has 2 aliphatic heterocycles. The molecule has 1 aromatic carbocycles. The van der Waals surface area contributed by atoms with Gasteiger partial charge >= 0.3 is 0 Å². The quantitative estimate of drug-likeness (QED) is 0.915. The first-order chi connectivity index (χ1) is 9.78. The zero-order valence-corrected chi connectivity index (χ0v) is 12.0. The maximum Gasteiger partial charge on any atom is 0.253 e. The summed E-state index contributed by atoms with van der Waals surface area (Å²) in [5.41, 5.74) is 0.757. The van der Waals surface area contributed by atoms with E-state index in [0.29, 0.717) is 18.6 Å². The lowest BCUT2D eigenvalue weighted by Crippen LogP contribution is -2.41. The number of nitrogens with one attached hydrogen (secondary N) is 1. The lowest BCUT2D eigenvalue weighted by atomic mass is 9.94. The second kappa shape index (κ2) is 5.83. The minimum atomic E-state index is 0.143. The van der Waals surface area contributed by atoms with Crippen LogP contribution in [0.5, 0.6) is 5.75 Å². The Balaban J connectivity index is 1.66. The number of nitrogens with zero attached hydrogens (tertiary/aromatic N) is 1. The van der Waals surface area contributed by atoms with Crippen molar-refractivity contribution in [2.75, 3.05) is 26.2 Å². The Kier molecular flexibility index (Phi) is 3.92. The molecule has 2 heterocycles. The van der Waals surface area contributed by atoms with Gasteiger partial charge in [-0.05, 0) is 56.5 Å². The maximum atomic E-state index is 12.5.